The lowest BCUT2D eigenvalue weighted by molar-refractivity contribution is 0.402. The molecule has 2 N–H and O–H groups in total. The highest BCUT2D eigenvalue weighted by molar-refractivity contribution is 5.85. The van der Waals surface area contributed by atoms with E-state index in [0.29, 0.717) is 0 Å². The van der Waals surface area contributed by atoms with Crippen molar-refractivity contribution in [1.29, 1.82) is 0 Å². The van der Waals surface area contributed by atoms with Crippen molar-refractivity contribution < 1.29 is 9.13 Å². The van der Waals surface area contributed by atoms with Crippen LogP contribution >= 0.6 is 0 Å². The third-order valence-corrected chi connectivity index (χ3v) is 4.61. The van der Waals surface area contributed by atoms with Gasteiger partial charge in [-0.1, -0.05) is 17.7 Å². The van der Waals surface area contributed by atoms with E-state index in [1.54, 1.807) is 13.2 Å². The van der Waals surface area contributed by atoms with Gasteiger partial charge in [-0.3, -0.25) is 0 Å². The lowest BCUT2D eigenvalue weighted by Gasteiger charge is -2.26. The van der Waals surface area contributed by atoms with Crippen LogP contribution in [0.15, 0.2) is 36.4 Å². The van der Waals surface area contributed by atoms with Crippen LogP contribution in [-0.4, -0.2) is 18.6 Å². The Morgan fingerprint density at radius 2 is 2.04 bits per heavy atom. The summed E-state index contributed by atoms with van der Waals surface area (Å²) >= 11 is 0. The number of halogens is 1. The first-order valence-corrected chi connectivity index (χ1v) is 7.85. The fourth-order valence-corrected chi connectivity index (χ4v) is 3.54. The number of ether oxygens (including phenoxy) is 1. The van der Waals surface area contributed by atoms with Gasteiger partial charge in [-0.15, -0.1) is 0 Å². The van der Waals surface area contributed by atoms with Gasteiger partial charge in [0.15, 0.2) is 0 Å². The van der Waals surface area contributed by atoms with Crippen molar-refractivity contribution in [2.75, 3.05) is 13.7 Å². The molecule has 4 heteroatoms. The van der Waals surface area contributed by atoms with E-state index in [9.17, 15) is 4.39 Å². The SMILES string of the molecule is COc1ccc(C)cc1C1NCCc2c1[nH]c1ccc(F)cc21. The lowest BCUT2D eigenvalue weighted by Crippen LogP contribution is -2.30. The standard InChI is InChI=1S/C19H19FN2O/c1-11-3-6-17(23-2)15(9-11)18-19-13(7-8-21-18)14-10-12(20)4-5-16(14)22-19/h3-6,9-10,18,21-22H,7-8H2,1-2H3. The molecule has 0 fully saturated rings. The van der Waals surface area contributed by atoms with Crippen LogP contribution in [0, 0.1) is 12.7 Å². The summed E-state index contributed by atoms with van der Waals surface area (Å²) in [4.78, 5) is 3.48. The second kappa shape index (κ2) is 5.39. The van der Waals surface area contributed by atoms with E-state index >= 15 is 0 Å². The monoisotopic (exact) mass is 310 g/mol. The van der Waals surface area contributed by atoms with E-state index in [1.807, 2.05) is 18.2 Å². The van der Waals surface area contributed by atoms with E-state index < -0.39 is 0 Å². The maximum absolute atomic E-state index is 13.6. The summed E-state index contributed by atoms with van der Waals surface area (Å²) < 4.78 is 19.2. The molecule has 23 heavy (non-hydrogen) atoms. The minimum Gasteiger partial charge on any atom is -0.496 e. The Balaban J connectivity index is 1.91. The van der Waals surface area contributed by atoms with Gasteiger partial charge in [0, 0.05) is 28.7 Å². The van der Waals surface area contributed by atoms with E-state index in [1.165, 1.54) is 17.2 Å². The van der Waals surface area contributed by atoms with Gasteiger partial charge in [0.05, 0.1) is 13.2 Å². The summed E-state index contributed by atoms with van der Waals surface area (Å²) in [5.74, 6) is 0.674. The number of H-pyrrole nitrogens is 1. The maximum atomic E-state index is 13.6. The van der Waals surface area contributed by atoms with Crippen LogP contribution in [0.5, 0.6) is 5.75 Å². The molecule has 0 amide bonds. The van der Waals surface area contributed by atoms with Crippen LogP contribution in [-0.2, 0) is 6.42 Å². The third kappa shape index (κ3) is 2.30. The van der Waals surface area contributed by atoms with Gasteiger partial charge in [0.1, 0.15) is 11.6 Å². The Hall–Kier alpha value is -2.33. The molecule has 4 rings (SSSR count). The fourth-order valence-electron chi connectivity index (χ4n) is 3.54. The first kappa shape index (κ1) is 14.3. The van der Waals surface area contributed by atoms with Gasteiger partial charge in [-0.2, -0.15) is 0 Å². The predicted molar refractivity (Wildman–Crippen MR) is 89.5 cm³/mol. The molecular weight excluding hydrogens is 291 g/mol. The number of aromatic amines is 1. The lowest BCUT2D eigenvalue weighted by atomic mass is 9.93. The summed E-state index contributed by atoms with van der Waals surface area (Å²) in [7, 11) is 1.69. The maximum Gasteiger partial charge on any atom is 0.124 e. The van der Waals surface area contributed by atoms with E-state index in [4.69, 9.17) is 4.74 Å². The topological polar surface area (TPSA) is 37.0 Å². The zero-order valence-electron chi connectivity index (χ0n) is 13.2. The predicted octanol–water partition coefficient (Wildman–Crippen LogP) is 3.86. The smallest absolute Gasteiger partial charge is 0.124 e. The Morgan fingerprint density at radius 1 is 1.17 bits per heavy atom. The van der Waals surface area contributed by atoms with Crippen molar-refractivity contribution >= 4 is 10.9 Å². The minimum atomic E-state index is -0.192. The Kier molecular flexibility index (Phi) is 3.34. The largest absolute Gasteiger partial charge is 0.496 e. The number of aryl methyl sites for hydroxylation is 1. The van der Waals surface area contributed by atoms with Crippen molar-refractivity contribution in [3.63, 3.8) is 0 Å². The number of hydrogen-bond donors (Lipinski definition) is 2. The van der Waals surface area contributed by atoms with Crippen LogP contribution in [0.3, 0.4) is 0 Å². The number of nitrogens with one attached hydrogen (secondary N) is 2. The summed E-state index contributed by atoms with van der Waals surface area (Å²) in [6, 6.07) is 11.2. The quantitative estimate of drug-likeness (QED) is 0.754. The average Bonchev–Trinajstić information content (AvgIpc) is 2.92. The molecule has 0 saturated carbocycles. The van der Waals surface area contributed by atoms with Gasteiger partial charge < -0.3 is 15.0 Å². The normalized spacial score (nSPS) is 17.3. The summed E-state index contributed by atoms with van der Waals surface area (Å²) in [6.45, 7) is 2.94. The van der Waals surface area contributed by atoms with Crippen molar-refractivity contribution in [1.82, 2.24) is 10.3 Å². The molecule has 2 aromatic carbocycles. The molecule has 0 radical (unpaired) electrons. The molecule has 0 bridgehead atoms. The Labute approximate surface area is 134 Å². The molecule has 3 nitrogen and oxygen atoms in total. The number of benzene rings is 2. The van der Waals surface area contributed by atoms with E-state index in [2.05, 4.69) is 23.3 Å². The Morgan fingerprint density at radius 3 is 2.87 bits per heavy atom. The molecule has 1 unspecified atom stereocenters. The molecule has 0 aliphatic carbocycles. The average molecular weight is 310 g/mol. The first-order chi connectivity index (χ1) is 11.2. The zero-order valence-corrected chi connectivity index (χ0v) is 13.2. The molecule has 118 valence electrons. The van der Waals surface area contributed by atoms with Crippen LogP contribution in [0.2, 0.25) is 0 Å². The zero-order chi connectivity index (χ0) is 16.0. The van der Waals surface area contributed by atoms with Gasteiger partial charge >= 0.3 is 0 Å². The summed E-state index contributed by atoms with van der Waals surface area (Å²) in [6.07, 6.45) is 0.892. The van der Waals surface area contributed by atoms with Gasteiger partial charge in [0.2, 0.25) is 0 Å². The third-order valence-electron chi connectivity index (χ3n) is 4.61. The fraction of sp³-hybridized carbons (Fsp3) is 0.263. The van der Waals surface area contributed by atoms with Gasteiger partial charge in [-0.25, -0.2) is 4.39 Å². The molecule has 0 saturated heterocycles. The van der Waals surface area contributed by atoms with Crippen molar-refractivity contribution in [3.05, 3.63) is 64.6 Å². The molecule has 1 aliphatic heterocycles. The summed E-state index contributed by atoms with van der Waals surface area (Å²) in [5.41, 5.74) is 5.60. The molecule has 1 atom stereocenters. The van der Waals surface area contributed by atoms with Crippen molar-refractivity contribution in [3.8, 4) is 5.75 Å². The first-order valence-electron chi connectivity index (χ1n) is 7.85. The molecule has 0 spiro atoms. The van der Waals surface area contributed by atoms with Crippen molar-refractivity contribution in [2.45, 2.75) is 19.4 Å². The molecular formula is C19H19FN2O. The number of hydrogen-bond acceptors (Lipinski definition) is 2. The molecule has 3 aromatic rings. The van der Waals surface area contributed by atoms with Crippen LogP contribution < -0.4 is 10.1 Å². The number of rotatable bonds is 2. The minimum absolute atomic E-state index is 0.0315. The molecule has 1 aliphatic rings. The van der Waals surface area contributed by atoms with Crippen molar-refractivity contribution in [2.24, 2.45) is 0 Å². The highest BCUT2D eigenvalue weighted by Crippen LogP contribution is 2.37. The number of aromatic nitrogens is 1. The second-order valence-corrected chi connectivity index (χ2v) is 6.09. The van der Waals surface area contributed by atoms with Crippen LogP contribution in [0.4, 0.5) is 4.39 Å². The van der Waals surface area contributed by atoms with Crippen LogP contribution in [0.25, 0.3) is 10.9 Å². The number of fused-ring (bicyclic) bond motifs is 3. The van der Waals surface area contributed by atoms with Gasteiger partial charge in [0.25, 0.3) is 0 Å². The number of methoxy groups -OCH3 is 1. The van der Waals surface area contributed by atoms with Crippen LogP contribution in [0.1, 0.15) is 28.4 Å². The summed E-state index contributed by atoms with van der Waals surface area (Å²) in [5, 5.41) is 4.55. The second-order valence-electron chi connectivity index (χ2n) is 6.09. The highest BCUT2D eigenvalue weighted by atomic mass is 19.1. The van der Waals surface area contributed by atoms with E-state index in [-0.39, 0.29) is 11.9 Å². The molecule has 1 aromatic heterocycles. The molecule has 2 heterocycles. The Bertz CT molecular complexity index is 884. The highest BCUT2D eigenvalue weighted by Gasteiger charge is 2.27. The van der Waals surface area contributed by atoms with E-state index in [0.717, 1.165) is 40.9 Å². The van der Waals surface area contributed by atoms with Gasteiger partial charge in [-0.05, 0) is 43.2 Å².